The molecule has 2 aromatic rings. The minimum Gasteiger partial charge on any atom is -0.352 e. The molecule has 0 bridgehead atoms. The summed E-state index contributed by atoms with van der Waals surface area (Å²) < 4.78 is 0. The van der Waals surface area contributed by atoms with Gasteiger partial charge in [0.1, 0.15) is 0 Å². The summed E-state index contributed by atoms with van der Waals surface area (Å²) in [6, 6.07) is 8.11. The molecule has 0 saturated heterocycles. The Labute approximate surface area is 131 Å². The van der Waals surface area contributed by atoms with Crippen LogP contribution in [0.4, 0.5) is 0 Å². The summed E-state index contributed by atoms with van der Waals surface area (Å²) in [7, 11) is 0. The number of aromatic nitrogens is 2. The van der Waals surface area contributed by atoms with E-state index in [1.807, 2.05) is 24.3 Å². The Morgan fingerprint density at radius 3 is 2.68 bits per heavy atom. The van der Waals surface area contributed by atoms with Gasteiger partial charge >= 0.3 is 0 Å². The van der Waals surface area contributed by atoms with E-state index in [0.717, 1.165) is 17.8 Å². The molecule has 0 atom stereocenters. The van der Waals surface area contributed by atoms with Crippen LogP contribution in [0.3, 0.4) is 0 Å². The molecule has 1 heterocycles. The third-order valence-corrected chi connectivity index (χ3v) is 4.50. The molecule has 1 amide bonds. The summed E-state index contributed by atoms with van der Waals surface area (Å²) in [5.74, 6) is 0.599. The number of rotatable bonds is 4. The topological polar surface area (TPSA) is 57.8 Å². The molecule has 0 spiro atoms. The first kappa shape index (κ1) is 14.8. The molecule has 2 N–H and O–H groups in total. The summed E-state index contributed by atoms with van der Waals surface area (Å²) in [4.78, 5) is 12.4. The molecule has 1 aromatic carbocycles. The maximum atomic E-state index is 12.4. The number of carbonyl (C=O) groups is 1. The number of amides is 1. The monoisotopic (exact) mass is 297 g/mol. The zero-order chi connectivity index (χ0) is 15.4. The van der Waals surface area contributed by atoms with Crippen LogP contribution in [0.2, 0.25) is 0 Å². The van der Waals surface area contributed by atoms with Crippen molar-refractivity contribution in [3.8, 4) is 11.3 Å². The van der Waals surface area contributed by atoms with Crippen LogP contribution in [0.1, 0.15) is 48.0 Å². The molecule has 4 nitrogen and oxygen atoms in total. The Morgan fingerprint density at radius 1 is 1.23 bits per heavy atom. The van der Waals surface area contributed by atoms with Crippen molar-refractivity contribution in [2.24, 2.45) is 5.92 Å². The Hall–Kier alpha value is -2.10. The molecular formula is C18H23N3O. The molecule has 1 aliphatic carbocycles. The first-order valence-electron chi connectivity index (χ1n) is 8.12. The Kier molecular flexibility index (Phi) is 4.56. The molecule has 0 aliphatic heterocycles. The minimum atomic E-state index is -0.0325. The number of nitrogens with zero attached hydrogens (tertiary/aromatic N) is 1. The average Bonchev–Trinajstić information content (AvgIpc) is 3.04. The molecule has 1 fully saturated rings. The SMILES string of the molecule is Cc1ccc(-c2[nH]ncc2C(=O)NCC2CCCCC2)cc1. The van der Waals surface area contributed by atoms with E-state index in [2.05, 4.69) is 22.4 Å². The normalized spacial score (nSPS) is 15.7. The highest BCUT2D eigenvalue weighted by atomic mass is 16.1. The third-order valence-electron chi connectivity index (χ3n) is 4.50. The third kappa shape index (κ3) is 3.38. The van der Waals surface area contributed by atoms with E-state index >= 15 is 0 Å². The van der Waals surface area contributed by atoms with Gasteiger partial charge in [0.2, 0.25) is 0 Å². The second-order valence-corrected chi connectivity index (χ2v) is 6.24. The number of aryl methyl sites for hydroxylation is 1. The summed E-state index contributed by atoms with van der Waals surface area (Å²) in [6.07, 6.45) is 8.00. The van der Waals surface area contributed by atoms with Gasteiger partial charge in [0.15, 0.2) is 0 Å². The van der Waals surface area contributed by atoms with E-state index in [4.69, 9.17) is 0 Å². The molecule has 1 aromatic heterocycles. The van der Waals surface area contributed by atoms with E-state index in [0.29, 0.717) is 11.5 Å². The number of hydrogen-bond acceptors (Lipinski definition) is 2. The van der Waals surface area contributed by atoms with Crippen LogP contribution in [-0.2, 0) is 0 Å². The van der Waals surface area contributed by atoms with E-state index in [1.165, 1.54) is 37.7 Å². The lowest BCUT2D eigenvalue weighted by Gasteiger charge is -2.21. The van der Waals surface area contributed by atoms with Crippen LogP contribution >= 0.6 is 0 Å². The van der Waals surface area contributed by atoms with Crippen molar-refractivity contribution in [1.82, 2.24) is 15.5 Å². The van der Waals surface area contributed by atoms with Gasteiger partial charge < -0.3 is 5.32 Å². The van der Waals surface area contributed by atoms with Crippen molar-refractivity contribution in [2.45, 2.75) is 39.0 Å². The van der Waals surface area contributed by atoms with Gasteiger partial charge in [0.25, 0.3) is 5.91 Å². The van der Waals surface area contributed by atoms with Crippen LogP contribution in [-0.4, -0.2) is 22.6 Å². The number of carbonyl (C=O) groups excluding carboxylic acids is 1. The summed E-state index contributed by atoms with van der Waals surface area (Å²) in [5, 5.41) is 10.1. The summed E-state index contributed by atoms with van der Waals surface area (Å²) >= 11 is 0. The standard InChI is InChI=1S/C18H23N3O/c1-13-7-9-15(10-8-13)17-16(12-20-21-17)18(22)19-11-14-5-3-2-4-6-14/h7-10,12,14H,2-6,11H2,1H3,(H,19,22)(H,20,21). The predicted octanol–water partition coefficient (Wildman–Crippen LogP) is 3.70. The van der Waals surface area contributed by atoms with Gasteiger partial charge in [0, 0.05) is 12.1 Å². The van der Waals surface area contributed by atoms with Crippen molar-refractivity contribution in [3.63, 3.8) is 0 Å². The summed E-state index contributed by atoms with van der Waals surface area (Å²) in [6.45, 7) is 2.83. The number of nitrogens with one attached hydrogen (secondary N) is 2. The van der Waals surface area contributed by atoms with Gasteiger partial charge in [-0.2, -0.15) is 5.10 Å². The van der Waals surface area contributed by atoms with Gasteiger partial charge in [0.05, 0.1) is 17.5 Å². The van der Waals surface area contributed by atoms with E-state index in [-0.39, 0.29) is 5.91 Å². The predicted molar refractivity (Wildman–Crippen MR) is 87.7 cm³/mol. The fraction of sp³-hybridized carbons (Fsp3) is 0.444. The van der Waals surface area contributed by atoms with E-state index in [1.54, 1.807) is 6.20 Å². The highest BCUT2D eigenvalue weighted by Crippen LogP contribution is 2.24. The van der Waals surface area contributed by atoms with Gasteiger partial charge in [-0.15, -0.1) is 0 Å². The van der Waals surface area contributed by atoms with Crippen LogP contribution in [0, 0.1) is 12.8 Å². The molecule has 0 radical (unpaired) electrons. The highest BCUT2D eigenvalue weighted by Gasteiger charge is 2.18. The van der Waals surface area contributed by atoms with Gasteiger partial charge in [-0.05, 0) is 25.7 Å². The lowest BCUT2D eigenvalue weighted by atomic mass is 9.89. The smallest absolute Gasteiger partial charge is 0.255 e. The largest absolute Gasteiger partial charge is 0.352 e. The Bertz CT molecular complexity index is 624. The van der Waals surface area contributed by atoms with Crippen LogP contribution in [0.5, 0.6) is 0 Å². The number of benzene rings is 1. The van der Waals surface area contributed by atoms with Crippen molar-refractivity contribution in [1.29, 1.82) is 0 Å². The van der Waals surface area contributed by atoms with Crippen molar-refractivity contribution < 1.29 is 4.79 Å². The minimum absolute atomic E-state index is 0.0325. The molecule has 3 rings (SSSR count). The van der Waals surface area contributed by atoms with Gasteiger partial charge in [-0.25, -0.2) is 0 Å². The number of hydrogen-bond donors (Lipinski definition) is 2. The first-order chi connectivity index (χ1) is 10.7. The molecule has 1 saturated carbocycles. The maximum Gasteiger partial charge on any atom is 0.255 e. The fourth-order valence-electron chi connectivity index (χ4n) is 3.12. The zero-order valence-electron chi connectivity index (χ0n) is 13.1. The van der Waals surface area contributed by atoms with E-state index < -0.39 is 0 Å². The molecule has 22 heavy (non-hydrogen) atoms. The van der Waals surface area contributed by atoms with Crippen molar-refractivity contribution >= 4 is 5.91 Å². The lowest BCUT2D eigenvalue weighted by molar-refractivity contribution is 0.0944. The highest BCUT2D eigenvalue weighted by molar-refractivity contribution is 5.99. The van der Waals surface area contributed by atoms with Gasteiger partial charge in [-0.3, -0.25) is 9.89 Å². The second-order valence-electron chi connectivity index (χ2n) is 6.24. The van der Waals surface area contributed by atoms with Gasteiger partial charge in [-0.1, -0.05) is 49.1 Å². The number of aromatic amines is 1. The summed E-state index contributed by atoms with van der Waals surface area (Å²) in [5.41, 5.74) is 3.61. The molecule has 4 heteroatoms. The van der Waals surface area contributed by atoms with Crippen LogP contribution < -0.4 is 5.32 Å². The number of H-pyrrole nitrogens is 1. The van der Waals surface area contributed by atoms with Crippen LogP contribution in [0.15, 0.2) is 30.5 Å². The second kappa shape index (κ2) is 6.77. The first-order valence-corrected chi connectivity index (χ1v) is 8.12. The van der Waals surface area contributed by atoms with Crippen molar-refractivity contribution in [3.05, 3.63) is 41.6 Å². The Balaban J connectivity index is 1.68. The quantitative estimate of drug-likeness (QED) is 0.904. The molecule has 0 unspecified atom stereocenters. The van der Waals surface area contributed by atoms with Crippen molar-refractivity contribution in [2.75, 3.05) is 6.54 Å². The van der Waals surface area contributed by atoms with Crippen LogP contribution in [0.25, 0.3) is 11.3 Å². The maximum absolute atomic E-state index is 12.4. The lowest BCUT2D eigenvalue weighted by Crippen LogP contribution is -2.30. The van der Waals surface area contributed by atoms with E-state index in [9.17, 15) is 4.79 Å². The molecule has 1 aliphatic rings. The zero-order valence-corrected chi connectivity index (χ0v) is 13.1. The Morgan fingerprint density at radius 2 is 1.95 bits per heavy atom. The average molecular weight is 297 g/mol. The fourth-order valence-corrected chi connectivity index (χ4v) is 3.12. The molecular weight excluding hydrogens is 274 g/mol. The molecule has 116 valence electrons.